The Kier molecular flexibility index (Phi) is 6.35. The zero-order valence-corrected chi connectivity index (χ0v) is 25.1. The van der Waals surface area contributed by atoms with Crippen LogP contribution in [0.3, 0.4) is 0 Å². The van der Waals surface area contributed by atoms with Crippen LogP contribution in [-0.4, -0.2) is 24.9 Å². The smallest absolute Gasteiger partial charge is 0.167 e. The fourth-order valence-electron chi connectivity index (χ4n) is 6.21. The van der Waals surface area contributed by atoms with Crippen molar-refractivity contribution in [2.24, 2.45) is 0 Å². The number of furan rings is 1. The maximum Gasteiger partial charge on any atom is 0.167 e. The van der Waals surface area contributed by atoms with Crippen molar-refractivity contribution >= 4 is 32.8 Å². The third-order valence-corrected chi connectivity index (χ3v) is 8.44. The van der Waals surface area contributed by atoms with Crippen molar-refractivity contribution < 1.29 is 4.42 Å². The van der Waals surface area contributed by atoms with E-state index in [1.165, 1.54) is 0 Å². The molecule has 0 N–H and O–H groups in total. The minimum absolute atomic E-state index is 0.540. The second-order valence-electron chi connectivity index (χ2n) is 11.4. The Balaban J connectivity index is 1.31. The summed E-state index contributed by atoms with van der Waals surface area (Å²) in [5, 5.41) is 3.15. The Hall–Kier alpha value is -6.53. The van der Waals surface area contributed by atoms with E-state index in [4.69, 9.17) is 24.4 Å². The monoisotopic (exact) mass is 603 g/mol. The Morgan fingerprint density at radius 1 is 0.447 bits per heavy atom. The number of fused-ring (bicyclic) bond motifs is 4. The molecule has 0 atom stereocenters. The van der Waals surface area contributed by atoms with Gasteiger partial charge in [-0.1, -0.05) is 91.0 Å². The Morgan fingerprint density at radius 2 is 1.13 bits per heavy atom. The Labute approximate surface area is 270 Å². The van der Waals surface area contributed by atoms with Crippen LogP contribution in [0.25, 0.3) is 89.3 Å². The number of aromatic nitrogens is 5. The van der Waals surface area contributed by atoms with Crippen LogP contribution in [0.15, 0.2) is 156 Å². The predicted octanol–water partition coefficient (Wildman–Crippen LogP) is 10.0. The van der Waals surface area contributed by atoms with Crippen LogP contribution in [-0.2, 0) is 0 Å². The summed E-state index contributed by atoms with van der Waals surface area (Å²) in [6.07, 6.45) is 5.49. The molecule has 5 aromatic carbocycles. The van der Waals surface area contributed by atoms with E-state index in [1.54, 1.807) is 6.20 Å². The van der Waals surface area contributed by atoms with Crippen molar-refractivity contribution in [3.63, 3.8) is 0 Å². The first kappa shape index (κ1) is 26.8. The molecule has 0 radical (unpaired) electrons. The molecule has 0 fully saturated rings. The standard InChI is InChI=1S/C41H25N5O/c1-2-10-27(11-3-1)39-44-40(46-41(45-39)35-18-7-17-34-33-15-4-5-19-36(33)47-38(34)35)31-23-29(28-14-8-20-42-25-28)22-30(24-31)32-16-6-12-26-13-9-21-43-37(26)32/h1-25H. The van der Waals surface area contributed by atoms with E-state index in [9.17, 15) is 0 Å². The number of hydrogen-bond donors (Lipinski definition) is 0. The quantitative estimate of drug-likeness (QED) is 0.195. The normalized spacial score (nSPS) is 11.4. The molecule has 0 aliphatic carbocycles. The molecule has 6 nitrogen and oxygen atoms in total. The zero-order valence-electron chi connectivity index (χ0n) is 25.1. The van der Waals surface area contributed by atoms with Gasteiger partial charge in [-0.05, 0) is 53.6 Å². The van der Waals surface area contributed by atoms with E-state index in [0.29, 0.717) is 17.5 Å². The van der Waals surface area contributed by atoms with E-state index in [2.05, 4.69) is 65.6 Å². The Bertz CT molecular complexity index is 2570. The van der Waals surface area contributed by atoms with Gasteiger partial charge in [0, 0.05) is 57.0 Å². The molecule has 4 heterocycles. The van der Waals surface area contributed by atoms with Gasteiger partial charge in [0.1, 0.15) is 11.2 Å². The van der Waals surface area contributed by atoms with Crippen molar-refractivity contribution in [1.82, 2.24) is 24.9 Å². The molecule has 0 bridgehead atoms. The summed E-state index contributed by atoms with van der Waals surface area (Å²) in [6.45, 7) is 0. The van der Waals surface area contributed by atoms with Gasteiger partial charge in [0.25, 0.3) is 0 Å². The molecule has 9 rings (SSSR count). The lowest BCUT2D eigenvalue weighted by Gasteiger charge is -2.13. The van der Waals surface area contributed by atoms with E-state index in [0.717, 1.165) is 71.8 Å². The number of pyridine rings is 2. The summed E-state index contributed by atoms with van der Waals surface area (Å²) in [7, 11) is 0. The molecule has 0 amide bonds. The van der Waals surface area contributed by atoms with Crippen LogP contribution < -0.4 is 0 Å². The molecule has 47 heavy (non-hydrogen) atoms. The molecule has 0 aliphatic heterocycles. The summed E-state index contributed by atoms with van der Waals surface area (Å²) in [6, 6.07) is 45.0. The average Bonchev–Trinajstić information content (AvgIpc) is 3.54. The molecule has 220 valence electrons. The summed E-state index contributed by atoms with van der Waals surface area (Å²) >= 11 is 0. The fraction of sp³-hybridized carbons (Fsp3) is 0. The highest BCUT2D eigenvalue weighted by molar-refractivity contribution is 6.09. The SMILES string of the molecule is c1ccc(-c2nc(-c3cc(-c4cccnc4)cc(-c4cccc5cccnc45)c3)nc(-c3cccc4c3oc3ccccc34)n2)cc1. The maximum atomic E-state index is 6.41. The number of benzene rings is 5. The highest BCUT2D eigenvalue weighted by Crippen LogP contribution is 2.38. The van der Waals surface area contributed by atoms with Crippen LogP contribution in [0, 0.1) is 0 Å². The number of rotatable bonds is 5. The van der Waals surface area contributed by atoms with Crippen LogP contribution in [0.4, 0.5) is 0 Å². The fourth-order valence-corrected chi connectivity index (χ4v) is 6.21. The third kappa shape index (κ3) is 4.80. The molecule has 0 unspecified atom stereocenters. The Morgan fingerprint density at radius 3 is 2.02 bits per heavy atom. The van der Waals surface area contributed by atoms with Gasteiger partial charge in [-0.3, -0.25) is 9.97 Å². The highest BCUT2D eigenvalue weighted by atomic mass is 16.3. The maximum absolute atomic E-state index is 6.41. The molecule has 4 aromatic heterocycles. The largest absolute Gasteiger partial charge is 0.455 e. The van der Waals surface area contributed by atoms with E-state index >= 15 is 0 Å². The third-order valence-electron chi connectivity index (χ3n) is 8.44. The van der Waals surface area contributed by atoms with Crippen molar-refractivity contribution in [3.8, 4) is 56.4 Å². The minimum Gasteiger partial charge on any atom is -0.455 e. The first-order chi connectivity index (χ1) is 23.3. The van der Waals surface area contributed by atoms with Gasteiger partial charge >= 0.3 is 0 Å². The number of nitrogens with zero attached hydrogens (tertiary/aromatic N) is 5. The summed E-state index contributed by atoms with van der Waals surface area (Å²) in [4.78, 5) is 24.4. The minimum atomic E-state index is 0.540. The van der Waals surface area contributed by atoms with E-state index < -0.39 is 0 Å². The molecule has 0 saturated carbocycles. The lowest BCUT2D eigenvalue weighted by atomic mass is 9.95. The van der Waals surface area contributed by atoms with Crippen LogP contribution in [0.1, 0.15) is 0 Å². The molecule has 0 spiro atoms. The van der Waals surface area contributed by atoms with Crippen LogP contribution in [0.5, 0.6) is 0 Å². The number of hydrogen-bond acceptors (Lipinski definition) is 6. The van der Waals surface area contributed by atoms with Crippen LogP contribution in [0.2, 0.25) is 0 Å². The predicted molar refractivity (Wildman–Crippen MR) is 187 cm³/mol. The van der Waals surface area contributed by atoms with Crippen molar-refractivity contribution in [1.29, 1.82) is 0 Å². The lowest BCUT2D eigenvalue weighted by molar-refractivity contribution is 0.669. The summed E-state index contributed by atoms with van der Waals surface area (Å²) < 4.78 is 6.41. The molecular formula is C41H25N5O. The first-order valence-electron chi connectivity index (χ1n) is 15.4. The second-order valence-corrected chi connectivity index (χ2v) is 11.4. The highest BCUT2D eigenvalue weighted by Gasteiger charge is 2.19. The van der Waals surface area contributed by atoms with Crippen molar-refractivity contribution in [2.45, 2.75) is 0 Å². The lowest BCUT2D eigenvalue weighted by Crippen LogP contribution is -2.01. The summed E-state index contributed by atoms with van der Waals surface area (Å²) in [5.74, 6) is 1.68. The molecule has 0 aliphatic rings. The zero-order chi connectivity index (χ0) is 31.2. The van der Waals surface area contributed by atoms with Crippen LogP contribution >= 0.6 is 0 Å². The van der Waals surface area contributed by atoms with Gasteiger partial charge in [-0.2, -0.15) is 0 Å². The number of para-hydroxylation sites is 3. The second kappa shape index (κ2) is 11.1. The molecule has 9 aromatic rings. The van der Waals surface area contributed by atoms with Gasteiger partial charge in [-0.25, -0.2) is 15.0 Å². The topological polar surface area (TPSA) is 77.6 Å². The van der Waals surface area contributed by atoms with Gasteiger partial charge in [0.15, 0.2) is 17.5 Å². The van der Waals surface area contributed by atoms with Gasteiger partial charge in [0.05, 0.1) is 11.1 Å². The molecular weight excluding hydrogens is 578 g/mol. The first-order valence-corrected chi connectivity index (χ1v) is 15.4. The van der Waals surface area contributed by atoms with Gasteiger partial charge < -0.3 is 4.42 Å². The summed E-state index contributed by atoms with van der Waals surface area (Å²) in [5.41, 5.74) is 9.09. The van der Waals surface area contributed by atoms with Gasteiger partial charge in [0.2, 0.25) is 0 Å². The van der Waals surface area contributed by atoms with E-state index in [1.807, 2.05) is 85.2 Å². The van der Waals surface area contributed by atoms with E-state index in [-0.39, 0.29) is 0 Å². The average molecular weight is 604 g/mol. The molecule has 0 saturated heterocycles. The van der Waals surface area contributed by atoms with Gasteiger partial charge in [-0.15, -0.1) is 0 Å². The van der Waals surface area contributed by atoms with Crippen molar-refractivity contribution in [2.75, 3.05) is 0 Å². The molecule has 6 heteroatoms. The van der Waals surface area contributed by atoms with Crippen molar-refractivity contribution in [3.05, 3.63) is 152 Å².